The van der Waals surface area contributed by atoms with Gasteiger partial charge in [-0.15, -0.1) is 0 Å². The van der Waals surface area contributed by atoms with Crippen LogP contribution in [0.15, 0.2) is 0 Å². The van der Waals surface area contributed by atoms with E-state index in [1.807, 2.05) is 0 Å². The Bertz CT molecular complexity index is 233. The third-order valence-electron chi connectivity index (χ3n) is 2.04. The zero-order chi connectivity index (χ0) is 9.19. The lowest BCUT2D eigenvalue weighted by molar-refractivity contribution is 0.0453. The van der Waals surface area contributed by atoms with Crippen molar-refractivity contribution < 1.29 is 13.5 Å². The molecule has 0 aromatic heterocycles. The third-order valence-corrected chi connectivity index (χ3v) is 3.13. The summed E-state index contributed by atoms with van der Waals surface area (Å²) in [5, 5.41) is 8.91. The van der Waals surface area contributed by atoms with Gasteiger partial charge in [0.1, 0.15) is 0 Å². The van der Waals surface area contributed by atoms with E-state index in [9.17, 15) is 8.42 Å². The highest BCUT2D eigenvalue weighted by Gasteiger charge is 2.27. The molecule has 1 aliphatic rings. The largest absolute Gasteiger partial charge is 0.393 e. The summed E-state index contributed by atoms with van der Waals surface area (Å²) in [6.45, 7) is 0.417. The molecule has 1 saturated carbocycles. The second-order valence-electron chi connectivity index (χ2n) is 3.05. The summed E-state index contributed by atoms with van der Waals surface area (Å²) in [6.07, 6.45) is 1.17. The van der Waals surface area contributed by atoms with Crippen molar-refractivity contribution in [1.82, 2.24) is 9.44 Å². The summed E-state index contributed by atoms with van der Waals surface area (Å²) in [7, 11) is -1.93. The zero-order valence-electron chi connectivity index (χ0n) is 6.95. The van der Waals surface area contributed by atoms with E-state index in [0.717, 1.165) is 0 Å². The Labute approximate surface area is 72.3 Å². The van der Waals surface area contributed by atoms with Crippen molar-refractivity contribution in [3.05, 3.63) is 0 Å². The van der Waals surface area contributed by atoms with Crippen LogP contribution in [0.2, 0.25) is 0 Å². The first-order chi connectivity index (χ1) is 5.53. The van der Waals surface area contributed by atoms with Crippen LogP contribution in [-0.4, -0.2) is 33.2 Å². The summed E-state index contributed by atoms with van der Waals surface area (Å²) in [4.78, 5) is 0. The summed E-state index contributed by atoms with van der Waals surface area (Å²) in [6, 6.07) is 0. The molecular formula is C6H14N2O3S. The van der Waals surface area contributed by atoms with E-state index >= 15 is 0 Å². The number of aliphatic hydroxyl groups excluding tert-OH is 1. The standard InChI is InChI=1S/C6H14N2O3S/c1-7-12(10,11)8-4-5-2-6(9)3-5/h5-9H,2-4H2,1H3. The van der Waals surface area contributed by atoms with Crippen LogP contribution in [0.4, 0.5) is 0 Å². The predicted molar refractivity (Wildman–Crippen MR) is 44.7 cm³/mol. The average molecular weight is 194 g/mol. The number of nitrogens with one attached hydrogen (secondary N) is 2. The summed E-state index contributed by atoms with van der Waals surface area (Å²) >= 11 is 0. The fourth-order valence-corrected chi connectivity index (χ4v) is 1.77. The van der Waals surface area contributed by atoms with Crippen molar-refractivity contribution in [1.29, 1.82) is 0 Å². The third kappa shape index (κ3) is 2.71. The summed E-state index contributed by atoms with van der Waals surface area (Å²) < 4.78 is 26.2. The van der Waals surface area contributed by atoms with Gasteiger partial charge in [-0.1, -0.05) is 0 Å². The van der Waals surface area contributed by atoms with Crippen molar-refractivity contribution in [3.63, 3.8) is 0 Å². The van der Waals surface area contributed by atoms with Crippen LogP contribution in [0.5, 0.6) is 0 Å². The maximum atomic E-state index is 10.8. The quantitative estimate of drug-likeness (QED) is 0.526. The van der Waals surface area contributed by atoms with Crippen LogP contribution in [0.3, 0.4) is 0 Å². The highest BCUT2D eigenvalue weighted by Crippen LogP contribution is 2.26. The van der Waals surface area contributed by atoms with E-state index in [2.05, 4.69) is 9.44 Å². The lowest BCUT2D eigenvalue weighted by Crippen LogP contribution is -2.41. The van der Waals surface area contributed by atoms with Crippen LogP contribution in [-0.2, 0) is 10.2 Å². The van der Waals surface area contributed by atoms with Crippen LogP contribution in [0.1, 0.15) is 12.8 Å². The Balaban J connectivity index is 2.18. The Morgan fingerprint density at radius 1 is 1.50 bits per heavy atom. The molecule has 1 fully saturated rings. The number of rotatable bonds is 4. The van der Waals surface area contributed by atoms with Gasteiger partial charge in [-0.3, -0.25) is 0 Å². The molecule has 0 saturated heterocycles. The Morgan fingerprint density at radius 3 is 2.50 bits per heavy atom. The maximum absolute atomic E-state index is 10.8. The van der Waals surface area contributed by atoms with Gasteiger partial charge in [0.25, 0.3) is 10.2 Å². The molecule has 6 heteroatoms. The molecule has 0 aromatic carbocycles. The minimum atomic E-state index is -3.29. The lowest BCUT2D eigenvalue weighted by Gasteiger charge is -2.31. The molecule has 0 aliphatic heterocycles. The van der Waals surface area contributed by atoms with Gasteiger partial charge in [-0.05, 0) is 18.8 Å². The fraction of sp³-hybridized carbons (Fsp3) is 1.00. The maximum Gasteiger partial charge on any atom is 0.276 e. The molecule has 12 heavy (non-hydrogen) atoms. The minimum Gasteiger partial charge on any atom is -0.393 e. The number of hydrogen-bond acceptors (Lipinski definition) is 3. The van der Waals surface area contributed by atoms with E-state index in [-0.39, 0.29) is 6.10 Å². The molecule has 0 atom stereocenters. The second-order valence-corrected chi connectivity index (χ2v) is 4.75. The lowest BCUT2D eigenvalue weighted by atomic mass is 9.83. The van der Waals surface area contributed by atoms with Crippen molar-refractivity contribution in [3.8, 4) is 0 Å². The molecule has 0 amide bonds. The normalized spacial score (nSPS) is 29.8. The molecule has 1 rings (SSSR count). The van der Waals surface area contributed by atoms with Crippen LogP contribution >= 0.6 is 0 Å². The molecule has 0 heterocycles. The zero-order valence-corrected chi connectivity index (χ0v) is 7.76. The topological polar surface area (TPSA) is 78.4 Å². The molecule has 0 radical (unpaired) electrons. The first-order valence-corrected chi connectivity index (χ1v) is 5.38. The molecule has 0 spiro atoms. The van der Waals surface area contributed by atoms with Gasteiger partial charge in [0.2, 0.25) is 0 Å². The van der Waals surface area contributed by atoms with Gasteiger partial charge in [-0.2, -0.15) is 8.42 Å². The molecule has 72 valence electrons. The summed E-state index contributed by atoms with van der Waals surface area (Å²) in [5.41, 5.74) is 0. The Hall–Kier alpha value is -0.170. The van der Waals surface area contributed by atoms with E-state index in [1.165, 1.54) is 7.05 Å². The molecule has 0 unspecified atom stereocenters. The molecule has 3 N–H and O–H groups in total. The first-order valence-electron chi connectivity index (χ1n) is 3.89. The molecule has 0 aromatic rings. The van der Waals surface area contributed by atoms with Gasteiger partial charge in [0, 0.05) is 13.6 Å². The van der Waals surface area contributed by atoms with Gasteiger partial charge < -0.3 is 5.11 Å². The monoisotopic (exact) mass is 194 g/mol. The van der Waals surface area contributed by atoms with Crippen molar-refractivity contribution >= 4 is 10.2 Å². The van der Waals surface area contributed by atoms with Crippen LogP contribution in [0.25, 0.3) is 0 Å². The SMILES string of the molecule is CNS(=O)(=O)NCC1CC(O)C1. The van der Waals surface area contributed by atoms with Crippen molar-refractivity contribution in [2.45, 2.75) is 18.9 Å². The minimum absolute atomic E-state index is 0.228. The number of hydrogen-bond donors (Lipinski definition) is 3. The van der Waals surface area contributed by atoms with E-state index in [1.54, 1.807) is 0 Å². The number of aliphatic hydroxyl groups is 1. The van der Waals surface area contributed by atoms with Crippen LogP contribution < -0.4 is 9.44 Å². The van der Waals surface area contributed by atoms with Gasteiger partial charge in [-0.25, -0.2) is 9.44 Å². The highest BCUT2D eigenvalue weighted by atomic mass is 32.2. The predicted octanol–water partition coefficient (Wildman–Crippen LogP) is -1.19. The molecular weight excluding hydrogens is 180 g/mol. The first kappa shape index (κ1) is 9.91. The smallest absolute Gasteiger partial charge is 0.276 e. The van der Waals surface area contributed by atoms with Gasteiger partial charge in [0.05, 0.1) is 6.10 Å². The Morgan fingerprint density at radius 2 is 2.08 bits per heavy atom. The summed E-state index contributed by atoms with van der Waals surface area (Å²) in [5.74, 6) is 0.295. The second kappa shape index (κ2) is 3.69. The van der Waals surface area contributed by atoms with Gasteiger partial charge in [0.15, 0.2) is 0 Å². The van der Waals surface area contributed by atoms with E-state index in [0.29, 0.717) is 25.3 Å². The van der Waals surface area contributed by atoms with Crippen molar-refractivity contribution in [2.75, 3.05) is 13.6 Å². The van der Waals surface area contributed by atoms with E-state index in [4.69, 9.17) is 5.11 Å². The van der Waals surface area contributed by atoms with Crippen LogP contribution in [0, 0.1) is 5.92 Å². The molecule has 1 aliphatic carbocycles. The molecule has 5 nitrogen and oxygen atoms in total. The van der Waals surface area contributed by atoms with E-state index < -0.39 is 10.2 Å². The van der Waals surface area contributed by atoms with Gasteiger partial charge >= 0.3 is 0 Å². The molecule has 0 bridgehead atoms. The fourth-order valence-electron chi connectivity index (χ4n) is 1.17. The highest BCUT2D eigenvalue weighted by molar-refractivity contribution is 7.87. The van der Waals surface area contributed by atoms with Crippen molar-refractivity contribution in [2.24, 2.45) is 5.92 Å². The Kier molecular flexibility index (Phi) is 3.05. The average Bonchev–Trinajstić information content (AvgIpc) is 1.96.